The minimum absolute atomic E-state index is 0.147. The molecule has 98 valence electrons. The van der Waals surface area contributed by atoms with Crippen LogP contribution in [0.3, 0.4) is 0 Å². The van der Waals surface area contributed by atoms with E-state index in [-0.39, 0.29) is 21.5 Å². The Morgan fingerprint density at radius 2 is 1.89 bits per heavy atom. The summed E-state index contributed by atoms with van der Waals surface area (Å²) in [7, 11) is 1.36. The summed E-state index contributed by atoms with van der Waals surface area (Å²) in [5.74, 6) is 1.81. The van der Waals surface area contributed by atoms with E-state index in [1.54, 1.807) is 7.11 Å². The lowest BCUT2D eigenvalue weighted by molar-refractivity contribution is -0.0148. The van der Waals surface area contributed by atoms with E-state index in [2.05, 4.69) is 31.3 Å². The number of methoxy groups -OCH3 is 1. The fourth-order valence-corrected chi connectivity index (χ4v) is 2.83. The van der Waals surface area contributed by atoms with Gasteiger partial charge in [0.25, 0.3) is 0 Å². The van der Waals surface area contributed by atoms with Crippen LogP contribution in [0.5, 0.6) is 5.75 Å². The average Bonchev–Trinajstić information content (AvgIpc) is 2.38. The van der Waals surface area contributed by atoms with Crippen LogP contribution in [0.25, 0.3) is 5.76 Å². The number of ether oxygens (including phenoxy) is 1. The maximum absolute atomic E-state index is 5.70. The topological polar surface area (TPSA) is 31.3 Å². The summed E-state index contributed by atoms with van der Waals surface area (Å²) >= 11 is 0. The third-order valence-corrected chi connectivity index (χ3v) is 3.77. The molecule has 1 aliphatic rings. The molecule has 0 saturated heterocycles. The summed E-state index contributed by atoms with van der Waals surface area (Å²) in [5.41, 5.74) is 1.24. The molecule has 0 fully saturated rings. The predicted molar refractivity (Wildman–Crippen MR) is 74.7 cm³/mol. The molecule has 3 nitrogen and oxygen atoms in total. The number of aliphatic hydroxyl groups is 1. The van der Waals surface area contributed by atoms with Crippen LogP contribution in [-0.2, 0) is 4.43 Å². The number of benzene rings is 1. The quantitative estimate of drug-likeness (QED) is 0.606. The Morgan fingerprint density at radius 3 is 2.44 bits per heavy atom. The van der Waals surface area contributed by atoms with E-state index in [0.29, 0.717) is 0 Å². The van der Waals surface area contributed by atoms with Crippen molar-refractivity contribution in [3.05, 3.63) is 35.9 Å². The molecule has 1 unspecified atom stereocenters. The molecule has 0 bridgehead atoms. The number of rotatable bonds is 2. The van der Waals surface area contributed by atoms with Gasteiger partial charge in [-0.1, -0.05) is 20.8 Å². The van der Waals surface area contributed by atoms with Crippen molar-refractivity contribution in [1.82, 2.24) is 0 Å². The Labute approximate surface area is 111 Å². The average molecular weight is 264 g/mol. The number of hydrogen-bond acceptors (Lipinski definition) is 2. The SMILES string of the molecule is COc1ccc(C2=CC(C(C)(C)C)[OH+][SiH-]O2)cc1. The second-order valence-corrected chi connectivity index (χ2v) is 6.19. The van der Waals surface area contributed by atoms with Crippen molar-refractivity contribution >= 4 is 15.8 Å². The summed E-state index contributed by atoms with van der Waals surface area (Å²) in [6, 6.07) is 7.95. The molecule has 1 heterocycles. The predicted octanol–water partition coefficient (Wildman–Crippen LogP) is 2.28. The van der Waals surface area contributed by atoms with Gasteiger partial charge in [0.1, 0.15) is 11.9 Å². The normalized spacial score (nSPS) is 20.0. The van der Waals surface area contributed by atoms with Crippen LogP contribution in [0.4, 0.5) is 0 Å². The molecule has 4 heteroatoms. The molecule has 0 aliphatic carbocycles. The minimum atomic E-state index is -0.308. The first-order valence-electron chi connectivity index (χ1n) is 6.05. The Balaban J connectivity index is 2.23. The number of hydrogen-bond donors (Lipinski definition) is 0. The molecule has 1 N–H and O–H groups in total. The summed E-state index contributed by atoms with van der Waals surface area (Å²) < 4.78 is 15.4. The summed E-state index contributed by atoms with van der Waals surface area (Å²) in [5, 5.41) is 0. The van der Waals surface area contributed by atoms with Crippen LogP contribution < -0.4 is 4.74 Å². The van der Waals surface area contributed by atoms with Gasteiger partial charge in [0.2, 0.25) is 0 Å². The monoisotopic (exact) mass is 264 g/mol. The first kappa shape index (κ1) is 13.2. The Hall–Kier alpha value is -1.26. The molecule has 0 aromatic heterocycles. The Kier molecular flexibility index (Phi) is 3.78. The van der Waals surface area contributed by atoms with Crippen LogP contribution in [0.15, 0.2) is 30.3 Å². The van der Waals surface area contributed by atoms with Crippen molar-refractivity contribution in [2.75, 3.05) is 7.11 Å². The first-order chi connectivity index (χ1) is 8.50. The molecule has 2 rings (SSSR count). The van der Waals surface area contributed by atoms with Gasteiger partial charge < -0.3 is 13.6 Å². The van der Waals surface area contributed by atoms with E-state index in [1.807, 2.05) is 24.3 Å². The van der Waals surface area contributed by atoms with Crippen molar-refractivity contribution in [2.24, 2.45) is 5.41 Å². The highest BCUT2D eigenvalue weighted by atomic mass is 28.3. The highest BCUT2D eigenvalue weighted by Gasteiger charge is 2.28. The van der Waals surface area contributed by atoms with Gasteiger partial charge in [-0.05, 0) is 24.3 Å². The van der Waals surface area contributed by atoms with E-state index in [0.717, 1.165) is 17.1 Å². The van der Waals surface area contributed by atoms with Crippen LogP contribution in [0, 0.1) is 5.41 Å². The lowest BCUT2D eigenvalue weighted by atomic mass is 9.88. The standard InChI is InChI=1S/C14H20O3Si/c1-14(2,3)13-9-12(16-18-17-13)10-5-7-11(15-4)8-6-10/h5-9,13,17-18H,1-4H3. The van der Waals surface area contributed by atoms with E-state index in [1.165, 1.54) is 0 Å². The van der Waals surface area contributed by atoms with E-state index < -0.39 is 0 Å². The van der Waals surface area contributed by atoms with Crippen molar-refractivity contribution in [1.29, 1.82) is 0 Å². The van der Waals surface area contributed by atoms with Gasteiger partial charge in [0, 0.05) is 17.1 Å². The summed E-state index contributed by atoms with van der Waals surface area (Å²) in [6.45, 7) is 6.61. The molecule has 1 aliphatic heterocycles. The Morgan fingerprint density at radius 1 is 1.22 bits per heavy atom. The van der Waals surface area contributed by atoms with E-state index in [9.17, 15) is 0 Å². The van der Waals surface area contributed by atoms with E-state index >= 15 is 0 Å². The van der Waals surface area contributed by atoms with Gasteiger partial charge in [0.05, 0.1) is 12.9 Å². The van der Waals surface area contributed by atoms with Crippen molar-refractivity contribution in [3.63, 3.8) is 0 Å². The van der Waals surface area contributed by atoms with Crippen LogP contribution in [-0.4, -0.2) is 27.6 Å². The van der Waals surface area contributed by atoms with Gasteiger partial charge in [-0.15, -0.1) is 0 Å². The molecular weight excluding hydrogens is 244 g/mol. The third kappa shape index (κ3) is 2.94. The maximum atomic E-state index is 5.70. The third-order valence-electron chi connectivity index (χ3n) is 2.97. The fraction of sp³-hybridized carbons (Fsp3) is 0.429. The fourth-order valence-electron chi connectivity index (χ4n) is 1.77. The molecule has 0 spiro atoms. The molecule has 0 radical (unpaired) electrons. The second-order valence-electron chi connectivity index (χ2n) is 5.44. The minimum Gasteiger partial charge on any atom is -0.648 e. The molecule has 1 atom stereocenters. The smallest absolute Gasteiger partial charge is 0.367 e. The van der Waals surface area contributed by atoms with Crippen molar-refractivity contribution in [3.8, 4) is 5.75 Å². The van der Waals surface area contributed by atoms with Crippen molar-refractivity contribution in [2.45, 2.75) is 26.9 Å². The zero-order chi connectivity index (χ0) is 13.2. The first-order valence-corrected chi connectivity index (χ1v) is 7.04. The lowest BCUT2D eigenvalue weighted by Crippen LogP contribution is -2.36. The molecule has 0 amide bonds. The highest BCUT2D eigenvalue weighted by molar-refractivity contribution is 6.20. The molecule has 0 saturated carbocycles. The Bertz CT molecular complexity index is 431. The van der Waals surface area contributed by atoms with Gasteiger partial charge in [-0.2, -0.15) is 0 Å². The van der Waals surface area contributed by atoms with Gasteiger partial charge in [-0.3, -0.25) is 0 Å². The van der Waals surface area contributed by atoms with Gasteiger partial charge in [-0.25, -0.2) is 0 Å². The van der Waals surface area contributed by atoms with Crippen LogP contribution in [0.1, 0.15) is 26.3 Å². The zero-order valence-corrected chi connectivity index (χ0v) is 12.5. The molecular formula is C14H20O3Si. The van der Waals surface area contributed by atoms with Crippen LogP contribution in [0.2, 0.25) is 0 Å². The second kappa shape index (κ2) is 5.16. The summed E-state index contributed by atoms with van der Waals surface area (Å²) in [4.78, 5) is 0. The van der Waals surface area contributed by atoms with Gasteiger partial charge >= 0.3 is 10.0 Å². The van der Waals surface area contributed by atoms with Crippen molar-refractivity contribution < 1.29 is 13.6 Å². The summed E-state index contributed by atoms with van der Waals surface area (Å²) in [6.07, 6.45) is 2.36. The van der Waals surface area contributed by atoms with Crippen LogP contribution >= 0.6 is 0 Å². The lowest BCUT2D eigenvalue weighted by Gasteiger charge is -2.35. The molecule has 1 aromatic rings. The largest absolute Gasteiger partial charge is 0.648 e. The maximum Gasteiger partial charge on any atom is 0.367 e. The van der Waals surface area contributed by atoms with E-state index in [4.69, 9.17) is 9.16 Å². The highest BCUT2D eigenvalue weighted by Crippen LogP contribution is 2.29. The molecule has 18 heavy (non-hydrogen) atoms. The molecule has 1 aromatic carbocycles. The van der Waals surface area contributed by atoms with Gasteiger partial charge in [0.15, 0.2) is 0 Å². The zero-order valence-electron chi connectivity index (χ0n) is 11.3.